The SMILES string of the molecule is CCCCCOc1cc[c]([Mg+])cc1.[Br-]. The topological polar surface area (TPSA) is 9.23 Å². The molecule has 1 nitrogen and oxygen atoms in total. The van der Waals surface area contributed by atoms with Gasteiger partial charge < -0.3 is 17.0 Å². The summed E-state index contributed by atoms with van der Waals surface area (Å²) < 4.78 is 6.87. The zero-order chi connectivity index (χ0) is 9.52. The molecule has 14 heavy (non-hydrogen) atoms. The number of hydrogen-bond acceptors (Lipinski definition) is 1. The molecule has 0 saturated carbocycles. The molecule has 1 rings (SSSR count). The molecule has 74 valence electrons. The Labute approximate surface area is 109 Å². The summed E-state index contributed by atoms with van der Waals surface area (Å²) in [4.78, 5) is 0. The van der Waals surface area contributed by atoms with E-state index in [9.17, 15) is 0 Å². The second-order valence-corrected chi connectivity index (χ2v) is 4.02. The normalized spacial score (nSPS) is 9.36. The number of rotatable bonds is 5. The molecule has 0 aliphatic rings. The summed E-state index contributed by atoms with van der Waals surface area (Å²) >= 11 is 1.89. The molecular weight excluding hydrogens is 252 g/mol. The third-order valence-electron chi connectivity index (χ3n) is 1.94. The van der Waals surface area contributed by atoms with E-state index < -0.39 is 0 Å². The Morgan fingerprint density at radius 2 is 1.79 bits per heavy atom. The maximum Gasteiger partial charge on any atom is -1.00 e. The fourth-order valence-electron chi connectivity index (χ4n) is 1.13. The molecule has 0 bridgehead atoms. The van der Waals surface area contributed by atoms with Crippen LogP contribution in [0.5, 0.6) is 5.75 Å². The summed E-state index contributed by atoms with van der Waals surface area (Å²) in [6, 6.07) is 8.25. The van der Waals surface area contributed by atoms with Crippen LogP contribution in [0.3, 0.4) is 0 Å². The van der Waals surface area contributed by atoms with Gasteiger partial charge in [-0.15, -0.1) is 0 Å². The van der Waals surface area contributed by atoms with Crippen LogP contribution in [0.4, 0.5) is 0 Å². The summed E-state index contributed by atoms with van der Waals surface area (Å²) in [6.07, 6.45) is 3.66. The number of unbranched alkanes of at least 4 members (excludes halogenated alkanes) is 2. The summed E-state index contributed by atoms with van der Waals surface area (Å²) in [5, 5.41) is 0. The van der Waals surface area contributed by atoms with Gasteiger partial charge in [0, 0.05) is 0 Å². The van der Waals surface area contributed by atoms with Crippen molar-refractivity contribution in [3.63, 3.8) is 0 Å². The van der Waals surface area contributed by atoms with Crippen LogP contribution in [0.2, 0.25) is 0 Å². The van der Waals surface area contributed by atoms with E-state index in [0.717, 1.165) is 18.8 Å². The molecule has 0 radical (unpaired) electrons. The van der Waals surface area contributed by atoms with Crippen molar-refractivity contribution in [3.8, 4) is 5.75 Å². The van der Waals surface area contributed by atoms with Crippen LogP contribution in [0.25, 0.3) is 0 Å². The maximum atomic E-state index is 5.57. The Hall–Kier alpha value is 0.266. The minimum Gasteiger partial charge on any atom is -1.00 e. The number of halogens is 1. The Morgan fingerprint density at radius 1 is 1.14 bits per heavy atom. The van der Waals surface area contributed by atoms with Gasteiger partial charge >= 0.3 is 92.9 Å². The molecule has 0 spiro atoms. The fourth-order valence-corrected chi connectivity index (χ4v) is 1.36. The van der Waals surface area contributed by atoms with Crippen molar-refractivity contribution in [1.82, 2.24) is 0 Å². The summed E-state index contributed by atoms with van der Waals surface area (Å²) in [5.74, 6) is 0.992. The van der Waals surface area contributed by atoms with E-state index in [1.807, 2.05) is 33.8 Å². The second kappa shape index (κ2) is 8.56. The fraction of sp³-hybridized carbons (Fsp3) is 0.455. The van der Waals surface area contributed by atoms with Gasteiger partial charge in [-0.05, 0) is 0 Å². The molecule has 0 amide bonds. The van der Waals surface area contributed by atoms with Crippen molar-refractivity contribution in [3.05, 3.63) is 24.3 Å². The first-order valence-electron chi connectivity index (χ1n) is 4.87. The van der Waals surface area contributed by atoms with Gasteiger partial charge in [-0.3, -0.25) is 0 Å². The predicted octanol–water partition coefficient (Wildman–Crippen LogP) is -0.947. The summed E-state index contributed by atoms with van der Waals surface area (Å²) in [7, 11) is 0. The van der Waals surface area contributed by atoms with Crippen molar-refractivity contribution < 1.29 is 21.7 Å². The Morgan fingerprint density at radius 3 is 2.36 bits per heavy atom. The van der Waals surface area contributed by atoms with Crippen molar-refractivity contribution >= 4 is 25.4 Å². The van der Waals surface area contributed by atoms with Gasteiger partial charge in [-0.25, -0.2) is 0 Å². The number of benzene rings is 1. The van der Waals surface area contributed by atoms with Crippen LogP contribution in [-0.4, -0.2) is 28.3 Å². The number of hydrogen-bond donors (Lipinski definition) is 0. The molecular formula is C11H15BrMgO. The van der Waals surface area contributed by atoms with Crippen LogP contribution < -0.4 is 25.4 Å². The van der Waals surface area contributed by atoms with Gasteiger partial charge in [0.2, 0.25) is 0 Å². The van der Waals surface area contributed by atoms with E-state index in [1.165, 1.54) is 16.5 Å². The Bertz CT molecular complexity index is 236. The van der Waals surface area contributed by atoms with E-state index in [1.54, 1.807) is 0 Å². The van der Waals surface area contributed by atoms with Crippen LogP contribution >= 0.6 is 0 Å². The minimum atomic E-state index is 0. The van der Waals surface area contributed by atoms with E-state index in [2.05, 4.69) is 19.1 Å². The zero-order valence-electron chi connectivity index (χ0n) is 8.63. The average molecular weight is 267 g/mol. The molecule has 0 aromatic heterocycles. The molecule has 1 aromatic rings. The second-order valence-electron chi connectivity index (χ2n) is 3.20. The molecule has 0 saturated heterocycles. The van der Waals surface area contributed by atoms with Gasteiger partial charge in [0.15, 0.2) is 0 Å². The molecule has 0 aliphatic heterocycles. The Kier molecular flexibility index (Phi) is 8.73. The van der Waals surface area contributed by atoms with Gasteiger partial charge in [0.05, 0.1) is 0 Å². The van der Waals surface area contributed by atoms with Crippen LogP contribution in [0.15, 0.2) is 24.3 Å². The van der Waals surface area contributed by atoms with Crippen molar-refractivity contribution in [2.75, 3.05) is 6.61 Å². The average Bonchev–Trinajstić information content (AvgIpc) is 2.15. The van der Waals surface area contributed by atoms with Gasteiger partial charge in [-0.2, -0.15) is 0 Å². The molecule has 0 heterocycles. The van der Waals surface area contributed by atoms with E-state index in [0.29, 0.717) is 0 Å². The van der Waals surface area contributed by atoms with E-state index in [4.69, 9.17) is 4.74 Å². The molecule has 0 N–H and O–H groups in total. The largest absolute Gasteiger partial charge is 1.00 e. The summed E-state index contributed by atoms with van der Waals surface area (Å²) in [5.41, 5.74) is 0. The number of ether oxygens (including phenoxy) is 1. The minimum absolute atomic E-state index is 0. The Balaban J connectivity index is 0.00000169. The van der Waals surface area contributed by atoms with Crippen molar-refractivity contribution in [2.45, 2.75) is 26.2 Å². The predicted molar refractivity (Wildman–Crippen MR) is 56.9 cm³/mol. The van der Waals surface area contributed by atoms with Crippen LogP contribution in [0.1, 0.15) is 26.2 Å². The van der Waals surface area contributed by atoms with Gasteiger partial charge in [0.1, 0.15) is 0 Å². The molecule has 1 aromatic carbocycles. The van der Waals surface area contributed by atoms with Crippen molar-refractivity contribution in [2.24, 2.45) is 0 Å². The standard InChI is InChI=1S/C11H15O.BrH.Mg/c1-2-3-7-10-12-11-8-5-4-6-9-11;;/h5-6,8-9H,2-3,7,10H2,1H3;1H;/q;;+1/p-1. The molecule has 0 atom stereocenters. The van der Waals surface area contributed by atoms with Crippen LogP contribution in [0, 0.1) is 0 Å². The monoisotopic (exact) mass is 266 g/mol. The molecule has 0 unspecified atom stereocenters. The van der Waals surface area contributed by atoms with E-state index >= 15 is 0 Å². The quantitative estimate of drug-likeness (QED) is 0.494. The molecule has 0 aliphatic carbocycles. The van der Waals surface area contributed by atoms with Gasteiger partial charge in [0.25, 0.3) is 0 Å². The van der Waals surface area contributed by atoms with E-state index in [-0.39, 0.29) is 17.0 Å². The maximum absolute atomic E-state index is 5.57. The molecule has 3 heteroatoms. The third kappa shape index (κ3) is 5.88. The first-order chi connectivity index (χ1) is 6.33. The first kappa shape index (κ1) is 14.3. The smallest absolute Gasteiger partial charge is 1.00 e. The van der Waals surface area contributed by atoms with Gasteiger partial charge in [-0.1, -0.05) is 0 Å². The summed E-state index contributed by atoms with van der Waals surface area (Å²) in [6.45, 7) is 3.05. The third-order valence-corrected chi connectivity index (χ3v) is 2.41. The molecule has 0 fully saturated rings. The first-order valence-corrected chi connectivity index (χ1v) is 5.58. The van der Waals surface area contributed by atoms with Crippen molar-refractivity contribution in [1.29, 1.82) is 0 Å². The zero-order valence-corrected chi connectivity index (χ0v) is 11.6. The van der Waals surface area contributed by atoms with Crippen LogP contribution in [-0.2, 0) is 0 Å².